The molecule has 0 aliphatic heterocycles. The van der Waals surface area contributed by atoms with Crippen molar-refractivity contribution in [3.05, 3.63) is 28.2 Å². The Morgan fingerprint density at radius 1 is 1.13 bits per heavy atom. The van der Waals surface area contributed by atoms with Gasteiger partial charge in [0.1, 0.15) is 0 Å². The third-order valence-electron chi connectivity index (χ3n) is 1.61. The van der Waals surface area contributed by atoms with E-state index in [0.29, 0.717) is 29.1 Å². The largest absolute Gasteiger partial charge is 0.379 e. The first kappa shape index (κ1) is 13.5. The first-order chi connectivity index (χ1) is 7.24. The molecular formula is C10H11Cl3OS. The third kappa shape index (κ3) is 5.32. The number of ether oxygens (including phenoxy) is 1. The van der Waals surface area contributed by atoms with Crippen molar-refractivity contribution in [3.63, 3.8) is 0 Å². The van der Waals surface area contributed by atoms with Gasteiger partial charge < -0.3 is 4.74 Å². The molecule has 15 heavy (non-hydrogen) atoms. The second-order valence-corrected chi connectivity index (χ2v) is 5.09. The minimum Gasteiger partial charge on any atom is -0.379 e. The molecule has 1 nitrogen and oxygen atoms in total. The molecule has 0 spiro atoms. The maximum Gasteiger partial charge on any atom is 0.0603 e. The molecule has 0 amide bonds. The summed E-state index contributed by atoms with van der Waals surface area (Å²) in [7, 11) is 0. The van der Waals surface area contributed by atoms with Crippen molar-refractivity contribution in [2.75, 3.05) is 24.8 Å². The molecule has 5 heteroatoms. The fraction of sp³-hybridized carbons (Fsp3) is 0.400. The fourth-order valence-corrected chi connectivity index (χ4v) is 2.22. The second kappa shape index (κ2) is 7.64. The summed E-state index contributed by atoms with van der Waals surface area (Å²) in [5.74, 6) is 1.42. The average molecular weight is 286 g/mol. The normalized spacial score (nSPS) is 10.6. The first-order valence-corrected chi connectivity index (χ1v) is 6.73. The predicted octanol–water partition coefficient (Wildman–Crippen LogP) is 4.34. The fourth-order valence-electron chi connectivity index (χ4n) is 0.942. The Labute approximate surface area is 109 Å². The lowest BCUT2D eigenvalue weighted by atomic mass is 10.4. The summed E-state index contributed by atoms with van der Waals surface area (Å²) in [5.41, 5.74) is 0. The lowest BCUT2D eigenvalue weighted by Crippen LogP contribution is -1.99. The van der Waals surface area contributed by atoms with Gasteiger partial charge in [-0.1, -0.05) is 23.2 Å². The van der Waals surface area contributed by atoms with Crippen LogP contribution in [-0.2, 0) is 4.74 Å². The summed E-state index contributed by atoms with van der Waals surface area (Å²) in [6, 6.07) is 5.60. The van der Waals surface area contributed by atoms with Gasteiger partial charge in [-0.25, -0.2) is 0 Å². The molecule has 0 atom stereocenters. The zero-order chi connectivity index (χ0) is 11.1. The van der Waals surface area contributed by atoms with Crippen LogP contribution >= 0.6 is 46.6 Å². The highest BCUT2D eigenvalue weighted by Gasteiger charge is 1.99. The minimum atomic E-state index is 0.539. The Balaban J connectivity index is 2.28. The van der Waals surface area contributed by atoms with Gasteiger partial charge in [0.2, 0.25) is 0 Å². The molecule has 0 saturated carbocycles. The van der Waals surface area contributed by atoms with E-state index >= 15 is 0 Å². The lowest BCUT2D eigenvalue weighted by molar-refractivity contribution is 0.166. The van der Waals surface area contributed by atoms with E-state index in [2.05, 4.69) is 0 Å². The van der Waals surface area contributed by atoms with Crippen LogP contribution in [-0.4, -0.2) is 24.8 Å². The molecule has 0 N–H and O–H groups in total. The van der Waals surface area contributed by atoms with Crippen molar-refractivity contribution in [1.29, 1.82) is 0 Å². The maximum atomic E-state index is 5.88. The minimum absolute atomic E-state index is 0.539. The van der Waals surface area contributed by atoms with Crippen LogP contribution in [0.25, 0.3) is 0 Å². The molecule has 0 aliphatic rings. The van der Waals surface area contributed by atoms with Gasteiger partial charge >= 0.3 is 0 Å². The molecule has 0 unspecified atom stereocenters. The van der Waals surface area contributed by atoms with Crippen LogP contribution < -0.4 is 0 Å². The van der Waals surface area contributed by atoms with E-state index in [1.165, 1.54) is 0 Å². The molecule has 0 saturated heterocycles. The van der Waals surface area contributed by atoms with Crippen molar-refractivity contribution in [2.24, 2.45) is 0 Å². The van der Waals surface area contributed by atoms with Gasteiger partial charge in [0.05, 0.1) is 23.3 Å². The molecule has 1 aromatic carbocycles. The van der Waals surface area contributed by atoms with E-state index in [4.69, 9.17) is 39.5 Å². The number of thioether (sulfide) groups is 1. The van der Waals surface area contributed by atoms with E-state index in [0.717, 1.165) is 10.6 Å². The Kier molecular flexibility index (Phi) is 6.86. The number of rotatable bonds is 6. The first-order valence-electron chi connectivity index (χ1n) is 4.45. The summed E-state index contributed by atoms with van der Waals surface area (Å²) in [4.78, 5) is 1.10. The molecule has 0 bridgehead atoms. The third-order valence-corrected chi connectivity index (χ3v) is 3.46. The van der Waals surface area contributed by atoms with Gasteiger partial charge in [-0.15, -0.1) is 23.4 Å². The summed E-state index contributed by atoms with van der Waals surface area (Å²) in [6.07, 6.45) is 0. The van der Waals surface area contributed by atoms with Gasteiger partial charge in [-0.2, -0.15) is 0 Å². The van der Waals surface area contributed by atoms with E-state index in [1.807, 2.05) is 12.1 Å². The number of hydrogen-bond acceptors (Lipinski definition) is 2. The molecule has 1 aromatic rings. The molecule has 0 aromatic heterocycles. The highest BCUT2D eigenvalue weighted by molar-refractivity contribution is 7.99. The number of alkyl halides is 1. The maximum absolute atomic E-state index is 5.88. The quantitative estimate of drug-likeness (QED) is 0.437. The summed E-state index contributed by atoms with van der Waals surface area (Å²) < 4.78 is 5.25. The standard InChI is InChI=1S/C10H11Cl3OS/c11-3-4-14-5-6-15-8-1-2-9(12)10(13)7-8/h1-2,7H,3-6H2. The Morgan fingerprint density at radius 3 is 2.60 bits per heavy atom. The average Bonchev–Trinajstić information content (AvgIpc) is 2.23. The Bertz CT molecular complexity index is 307. The summed E-state index contributed by atoms with van der Waals surface area (Å²) >= 11 is 18.8. The van der Waals surface area contributed by atoms with Crippen LogP contribution in [0.4, 0.5) is 0 Å². The van der Waals surface area contributed by atoms with Gasteiger partial charge in [0, 0.05) is 16.5 Å². The highest BCUT2D eigenvalue weighted by atomic mass is 35.5. The van der Waals surface area contributed by atoms with Crippen molar-refractivity contribution in [3.8, 4) is 0 Å². The summed E-state index contributed by atoms with van der Waals surface area (Å²) in [5, 5.41) is 1.17. The summed E-state index contributed by atoms with van der Waals surface area (Å²) in [6.45, 7) is 1.29. The van der Waals surface area contributed by atoms with E-state index in [1.54, 1.807) is 17.8 Å². The topological polar surface area (TPSA) is 9.23 Å². The van der Waals surface area contributed by atoms with Gasteiger partial charge in [0.15, 0.2) is 0 Å². The number of hydrogen-bond donors (Lipinski definition) is 0. The van der Waals surface area contributed by atoms with Crippen LogP contribution in [0.3, 0.4) is 0 Å². The monoisotopic (exact) mass is 284 g/mol. The van der Waals surface area contributed by atoms with Gasteiger partial charge in [0.25, 0.3) is 0 Å². The Morgan fingerprint density at radius 2 is 1.93 bits per heavy atom. The molecule has 0 aliphatic carbocycles. The van der Waals surface area contributed by atoms with Gasteiger partial charge in [-0.05, 0) is 18.2 Å². The van der Waals surface area contributed by atoms with Crippen LogP contribution in [0.15, 0.2) is 23.1 Å². The lowest BCUT2D eigenvalue weighted by Gasteiger charge is -2.03. The number of halogens is 3. The van der Waals surface area contributed by atoms with Gasteiger partial charge in [-0.3, -0.25) is 0 Å². The molecule has 1 rings (SSSR count). The van der Waals surface area contributed by atoms with E-state index < -0.39 is 0 Å². The van der Waals surface area contributed by atoms with Crippen LogP contribution in [0.2, 0.25) is 10.0 Å². The molecule has 0 heterocycles. The second-order valence-electron chi connectivity index (χ2n) is 2.73. The SMILES string of the molecule is ClCCOCCSc1ccc(Cl)c(Cl)c1. The smallest absolute Gasteiger partial charge is 0.0603 e. The van der Waals surface area contributed by atoms with Crippen molar-refractivity contribution < 1.29 is 4.74 Å². The highest BCUT2D eigenvalue weighted by Crippen LogP contribution is 2.27. The zero-order valence-corrected chi connectivity index (χ0v) is 11.1. The molecule has 0 radical (unpaired) electrons. The predicted molar refractivity (Wildman–Crippen MR) is 68.7 cm³/mol. The van der Waals surface area contributed by atoms with Crippen molar-refractivity contribution >= 4 is 46.6 Å². The van der Waals surface area contributed by atoms with Crippen molar-refractivity contribution in [2.45, 2.75) is 4.90 Å². The molecule has 84 valence electrons. The van der Waals surface area contributed by atoms with Crippen LogP contribution in [0.5, 0.6) is 0 Å². The number of benzene rings is 1. The molecular weight excluding hydrogens is 275 g/mol. The zero-order valence-electron chi connectivity index (χ0n) is 8.01. The molecule has 0 fully saturated rings. The van der Waals surface area contributed by atoms with E-state index in [-0.39, 0.29) is 0 Å². The van der Waals surface area contributed by atoms with E-state index in [9.17, 15) is 0 Å². The van der Waals surface area contributed by atoms with Crippen LogP contribution in [0.1, 0.15) is 0 Å². The van der Waals surface area contributed by atoms with Crippen LogP contribution in [0, 0.1) is 0 Å². The van der Waals surface area contributed by atoms with Crippen molar-refractivity contribution in [1.82, 2.24) is 0 Å². The Hall–Kier alpha value is 0.400.